The molecule has 0 saturated carbocycles. The first kappa shape index (κ1) is 13.2. The summed E-state index contributed by atoms with van der Waals surface area (Å²) < 4.78 is 5.25. The van der Waals surface area contributed by atoms with Gasteiger partial charge in [-0.05, 0) is 22.8 Å². The van der Waals surface area contributed by atoms with E-state index < -0.39 is 0 Å². The van der Waals surface area contributed by atoms with E-state index in [1.165, 1.54) is 5.56 Å². The minimum atomic E-state index is 0.157. The molecule has 0 aliphatic heterocycles. The Labute approximate surface area is 99.8 Å². The molecule has 1 aromatic rings. The van der Waals surface area contributed by atoms with Gasteiger partial charge in [0.1, 0.15) is 0 Å². The van der Waals surface area contributed by atoms with Gasteiger partial charge in [0.15, 0.2) is 0 Å². The Morgan fingerprint density at radius 2 is 1.56 bits per heavy atom. The molecule has 16 heavy (non-hydrogen) atoms. The van der Waals surface area contributed by atoms with E-state index in [9.17, 15) is 0 Å². The van der Waals surface area contributed by atoms with Crippen molar-refractivity contribution in [3.63, 3.8) is 0 Å². The largest absolute Gasteiger partial charge is 0.385 e. The number of methoxy groups -OCH3 is 1. The van der Waals surface area contributed by atoms with Crippen LogP contribution in [0.5, 0.6) is 0 Å². The van der Waals surface area contributed by atoms with E-state index in [0.717, 1.165) is 13.0 Å². The van der Waals surface area contributed by atoms with E-state index in [-0.39, 0.29) is 10.8 Å². The predicted molar refractivity (Wildman–Crippen MR) is 69.7 cm³/mol. The van der Waals surface area contributed by atoms with Gasteiger partial charge in [-0.3, -0.25) is 0 Å². The molecule has 0 bridgehead atoms. The average Bonchev–Trinajstić information content (AvgIpc) is 2.25. The molecule has 1 heteroatoms. The zero-order chi connectivity index (χ0) is 12.2. The number of hydrogen-bond acceptors (Lipinski definition) is 1. The van der Waals surface area contributed by atoms with E-state index in [4.69, 9.17) is 4.74 Å². The molecule has 90 valence electrons. The van der Waals surface area contributed by atoms with Crippen molar-refractivity contribution in [2.75, 3.05) is 13.7 Å². The number of benzene rings is 1. The van der Waals surface area contributed by atoms with Crippen LogP contribution in [-0.4, -0.2) is 13.7 Å². The molecule has 0 fully saturated rings. The van der Waals surface area contributed by atoms with Crippen LogP contribution >= 0.6 is 0 Å². The molecule has 0 heterocycles. The SMILES string of the molecule is COCC[C@](C)(c1ccccc1)C(C)(C)C. The van der Waals surface area contributed by atoms with Gasteiger partial charge >= 0.3 is 0 Å². The molecule has 1 rings (SSSR count). The Kier molecular flexibility index (Phi) is 4.15. The van der Waals surface area contributed by atoms with Crippen LogP contribution in [0.2, 0.25) is 0 Å². The highest BCUT2D eigenvalue weighted by molar-refractivity contribution is 5.26. The maximum atomic E-state index is 5.25. The van der Waals surface area contributed by atoms with Gasteiger partial charge in [-0.2, -0.15) is 0 Å². The van der Waals surface area contributed by atoms with Gasteiger partial charge in [0, 0.05) is 13.7 Å². The van der Waals surface area contributed by atoms with Crippen molar-refractivity contribution in [3.8, 4) is 0 Å². The second-order valence-electron chi connectivity index (χ2n) is 5.69. The lowest BCUT2D eigenvalue weighted by Gasteiger charge is -2.42. The predicted octanol–water partition coefficient (Wildman–Crippen LogP) is 4.03. The van der Waals surface area contributed by atoms with Crippen molar-refractivity contribution in [3.05, 3.63) is 35.9 Å². The highest BCUT2D eigenvalue weighted by atomic mass is 16.5. The lowest BCUT2D eigenvalue weighted by molar-refractivity contribution is 0.118. The summed E-state index contributed by atoms with van der Waals surface area (Å²) in [5.41, 5.74) is 1.79. The summed E-state index contributed by atoms with van der Waals surface area (Å²) in [6, 6.07) is 10.8. The quantitative estimate of drug-likeness (QED) is 0.744. The fourth-order valence-corrected chi connectivity index (χ4v) is 2.06. The van der Waals surface area contributed by atoms with Gasteiger partial charge < -0.3 is 4.74 Å². The minimum absolute atomic E-state index is 0.157. The van der Waals surface area contributed by atoms with E-state index in [0.29, 0.717) is 0 Å². The zero-order valence-electron chi connectivity index (χ0n) is 11.2. The Balaban J connectivity index is 3.05. The smallest absolute Gasteiger partial charge is 0.0470 e. The van der Waals surface area contributed by atoms with Crippen LogP contribution in [0.15, 0.2) is 30.3 Å². The minimum Gasteiger partial charge on any atom is -0.385 e. The highest BCUT2D eigenvalue weighted by Gasteiger charge is 2.38. The van der Waals surface area contributed by atoms with Gasteiger partial charge in [-0.15, -0.1) is 0 Å². The number of ether oxygens (including phenoxy) is 1. The van der Waals surface area contributed by atoms with E-state index in [1.54, 1.807) is 7.11 Å². The first-order valence-corrected chi connectivity index (χ1v) is 5.96. The fraction of sp³-hybridized carbons (Fsp3) is 0.600. The standard InChI is InChI=1S/C15H24O/c1-14(2,3)15(4,11-12-16-5)13-9-7-6-8-10-13/h6-10H,11-12H2,1-5H3/t15-/m1/s1. The molecule has 0 spiro atoms. The number of rotatable bonds is 4. The first-order valence-electron chi connectivity index (χ1n) is 5.96. The van der Waals surface area contributed by atoms with Crippen molar-refractivity contribution in [1.82, 2.24) is 0 Å². The molecule has 0 N–H and O–H groups in total. The third-order valence-electron chi connectivity index (χ3n) is 3.87. The van der Waals surface area contributed by atoms with Crippen LogP contribution in [-0.2, 0) is 10.2 Å². The Hall–Kier alpha value is -0.820. The first-order chi connectivity index (χ1) is 7.42. The highest BCUT2D eigenvalue weighted by Crippen LogP contribution is 2.43. The molecule has 0 aliphatic carbocycles. The van der Waals surface area contributed by atoms with Gasteiger partial charge in [0.05, 0.1) is 0 Å². The lowest BCUT2D eigenvalue weighted by atomic mass is 9.62. The topological polar surface area (TPSA) is 9.23 Å². The van der Waals surface area contributed by atoms with E-state index in [1.807, 2.05) is 0 Å². The summed E-state index contributed by atoms with van der Waals surface area (Å²) in [5, 5.41) is 0. The van der Waals surface area contributed by atoms with Gasteiger partial charge in [0.2, 0.25) is 0 Å². The maximum absolute atomic E-state index is 5.25. The summed E-state index contributed by atoms with van der Waals surface area (Å²) >= 11 is 0. The normalized spacial score (nSPS) is 15.8. The third-order valence-corrected chi connectivity index (χ3v) is 3.87. The maximum Gasteiger partial charge on any atom is 0.0470 e. The molecule has 0 radical (unpaired) electrons. The summed E-state index contributed by atoms with van der Waals surface area (Å²) in [4.78, 5) is 0. The third kappa shape index (κ3) is 2.65. The van der Waals surface area contributed by atoms with Crippen molar-refractivity contribution in [2.24, 2.45) is 5.41 Å². The summed E-state index contributed by atoms with van der Waals surface area (Å²) in [6.45, 7) is 10.0. The van der Waals surface area contributed by atoms with Crippen molar-refractivity contribution in [2.45, 2.75) is 39.5 Å². The van der Waals surface area contributed by atoms with E-state index >= 15 is 0 Å². The summed E-state index contributed by atoms with van der Waals surface area (Å²) in [7, 11) is 1.77. The second kappa shape index (κ2) is 5.01. The molecule has 1 nitrogen and oxygen atoms in total. The lowest BCUT2D eigenvalue weighted by Crippen LogP contribution is -2.38. The van der Waals surface area contributed by atoms with Gasteiger partial charge in [-0.1, -0.05) is 58.0 Å². The second-order valence-corrected chi connectivity index (χ2v) is 5.69. The Morgan fingerprint density at radius 1 is 1.00 bits per heavy atom. The zero-order valence-corrected chi connectivity index (χ0v) is 11.2. The van der Waals surface area contributed by atoms with Gasteiger partial charge in [-0.25, -0.2) is 0 Å². The molecular formula is C15H24O. The van der Waals surface area contributed by atoms with Gasteiger partial charge in [0.25, 0.3) is 0 Å². The van der Waals surface area contributed by atoms with Crippen molar-refractivity contribution >= 4 is 0 Å². The molecular weight excluding hydrogens is 196 g/mol. The van der Waals surface area contributed by atoms with Crippen molar-refractivity contribution in [1.29, 1.82) is 0 Å². The van der Waals surface area contributed by atoms with Crippen LogP contribution in [0.25, 0.3) is 0 Å². The summed E-state index contributed by atoms with van der Waals surface area (Å²) in [6.07, 6.45) is 1.05. The molecule has 1 atom stereocenters. The van der Waals surface area contributed by atoms with Crippen LogP contribution in [0, 0.1) is 5.41 Å². The Morgan fingerprint density at radius 3 is 2.00 bits per heavy atom. The number of hydrogen-bond donors (Lipinski definition) is 0. The van der Waals surface area contributed by atoms with E-state index in [2.05, 4.69) is 58.0 Å². The van der Waals surface area contributed by atoms with Crippen LogP contribution < -0.4 is 0 Å². The molecule has 0 aromatic heterocycles. The van der Waals surface area contributed by atoms with Crippen LogP contribution in [0.3, 0.4) is 0 Å². The summed E-state index contributed by atoms with van der Waals surface area (Å²) in [5.74, 6) is 0. The van der Waals surface area contributed by atoms with Crippen LogP contribution in [0.1, 0.15) is 39.7 Å². The molecule has 0 aliphatic rings. The molecule has 0 saturated heterocycles. The molecule has 0 unspecified atom stereocenters. The average molecular weight is 220 g/mol. The molecule has 1 aromatic carbocycles. The fourth-order valence-electron chi connectivity index (χ4n) is 2.06. The monoisotopic (exact) mass is 220 g/mol. The Bertz CT molecular complexity index is 310. The van der Waals surface area contributed by atoms with Crippen molar-refractivity contribution < 1.29 is 4.74 Å². The molecule has 0 amide bonds. The van der Waals surface area contributed by atoms with Crippen LogP contribution in [0.4, 0.5) is 0 Å².